The van der Waals surface area contributed by atoms with Crippen molar-refractivity contribution in [2.45, 2.75) is 60.3 Å². The van der Waals surface area contributed by atoms with Gasteiger partial charge in [0.05, 0.1) is 16.3 Å². The molecular weight excluding hydrogens is 328 g/mol. The summed E-state index contributed by atoms with van der Waals surface area (Å²) in [6.07, 6.45) is 6.03. The van der Waals surface area contributed by atoms with E-state index in [4.69, 9.17) is 15.8 Å². The monoisotopic (exact) mass is 358 g/mol. The Balaban J connectivity index is 2.59. The number of hydrogen-bond donors (Lipinski definition) is 1. The van der Waals surface area contributed by atoms with E-state index in [9.17, 15) is 0 Å². The zero-order valence-electron chi connectivity index (χ0n) is 16.3. The molecule has 0 amide bonds. The molecule has 25 heavy (non-hydrogen) atoms. The molecule has 0 radical (unpaired) electrons. The van der Waals surface area contributed by atoms with Crippen LogP contribution in [-0.4, -0.2) is 20.4 Å². The third-order valence-corrected chi connectivity index (χ3v) is 5.91. The predicted octanol–water partition coefficient (Wildman–Crippen LogP) is 5.21. The molecule has 0 aliphatic heterocycles. The van der Waals surface area contributed by atoms with Gasteiger partial charge in [-0.05, 0) is 52.5 Å². The number of nitrogens with zero attached hydrogens (tertiary/aromatic N) is 3. The van der Waals surface area contributed by atoms with E-state index in [1.54, 1.807) is 18.0 Å². The maximum Gasteiger partial charge on any atom is 0.158 e. The fraction of sp³-hybridized carbons (Fsp3) is 0.500. The fourth-order valence-corrected chi connectivity index (χ4v) is 4.08. The summed E-state index contributed by atoms with van der Waals surface area (Å²) in [6, 6.07) is 2.19. The molecule has 0 bridgehead atoms. The minimum atomic E-state index is 0.502. The van der Waals surface area contributed by atoms with Crippen LogP contribution in [0.25, 0.3) is 10.6 Å². The minimum absolute atomic E-state index is 0.502. The largest absolute Gasteiger partial charge is 0.404 e. The van der Waals surface area contributed by atoms with E-state index < -0.39 is 0 Å². The number of thioether (sulfide) groups is 1. The van der Waals surface area contributed by atoms with E-state index in [-0.39, 0.29) is 0 Å². The summed E-state index contributed by atoms with van der Waals surface area (Å²) in [6.45, 7) is 12.8. The quantitative estimate of drug-likeness (QED) is 0.691. The summed E-state index contributed by atoms with van der Waals surface area (Å²) < 4.78 is 2.00. The zero-order valence-corrected chi connectivity index (χ0v) is 17.1. The van der Waals surface area contributed by atoms with Gasteiger partial charge in [-0.2, -0.15) is 5.10 Å². The number of hydrogen-bond acceptors (Lipinski definition) is 4. The number of fused-ring (bicyclic) bond motifs is 1. The van der Waals surface area contributed by atoms with Crippen molar-refractivity contribution in [1.29, 1.82) is 0 Å². The Morgan fingerprint density at radius 2 is 2.00 bits per heavy atom. The SMILES string of the molecule is C/C=C(\C)CS/C(=C\N)c1c(C)nc2c(C(CC)CC)cc(C)nn12. The Kier molecular flexibility index (Phi) is 6.71. The van der Waals surface area contributed by atoms with Gasteiger partial charge in [-0.25, -0.2) is 9.50 Å². The molecule has 0 aromatic carbocycles. The van der Waals surface area contributed by atoms with Crippen LogP contribution in [0.5, 0.6) is 0 Å². The standard InChI is InChI=1S/C20H30N4S/c1-7-13(4)12-25-18(11-21)19-15(6)22-20-17(16(8-2)9-3)10-14(5)23-24(19)20/h7,10-11,16H,8-9,12,21H2,1-6H3/b13-7+,18-11-. The molecule has 0 unspecified atom stereocenters. The van der Waals surface area contributed by atoms with Gasteiger partial charge in [-0.1, -0.05) is 25.5 Å². The lowest BCUT2D eigenvalue weighted by molar-refractivity contribution is 0.638. The third kappa shape index (κ3) is 4.09. The van der Waals surface area contributed by atoms with Crippen molar-refractivity contribution < 1.29 is 0 Å². The highest BCUT2D eigenvalue weighted by molar-refractivity contribution is 8.08. The molecule has 2 aromatic rings. The van der Waals surface area contributed by atoms with Crippen molar-refractivity contribution >= 4 is 22.3 Å². The summed E-state index contributed by atoms with van der Waals surface area (Å²) in [5, 5.41) is 4.75. The molecule has 0 atom stereocenters. The van der Waals surface area contributed by atoms with E-state index >= 15 is 0 Å². The van der Waals surface area contributed by atoms with Crippen molar-refractivity contribution in [3.63, 3.8) is 0 Å². The average molecular weight is 359 g/mol. The highest BCUT2D eigenvalue weighted by Gasteiger charge is 2.20. The van der Waals surface area contributed by atoms with Crippen LogP contribution in [0.1, 0.15) is 69.1 Å². The Labute approximate surface area is 155 Å². The molecule has 136 valence electrons. The molecule has 2 rings (SSSR count). The molecular formula is C20H30N4S. The van der Waals surface area contributed by atoms with Gasteiger partial charge >= 0.3 is 0 Å². The van der Waals surface area contributed by atoms with Gasteiger partial charge in [0, 0.05) is 17.5 Å². The van der Waals surface area contributed by atoms with E-state index in [2.05, 4.69) is 39.8 Å². The van der Waals surface area contributed by atoms with Gasteiger partial charge in [0.25, 0.3) is 0 Å². The van der Waals surface area contributed by atoms with Crippen LogP contribution in [0.4, 0.5) is 0 Å². The molecule has 2 heterocycles. The summed E-state index contributed by atoms with van der Waals surface area (Å²) in [5.41, 5.74) is 12.6. The Hall–Kier alpha value is -1.75. The summed E-state index contributed by atoms with van der Waals surface area (Å²) in [7, 11) is 0. The third-order valence-electron chi connectivity index (χ3n) is 4.67. The van der Waals surface area contributed by atoms with Crippen molar-refractivity contribution in [2.24, 2.45) is 5.73 Å². The summed E-state index contributed by atoms with van der Waals surface area (Å²) in [5.74, 6) is 1.42. The highest BCUT2D eigenvalue weighted by atomic mass is 32.2. The lowest BCUT2D eigenvalue weighted by Crippen LogP contribution is -2.06. The minimum Gasteiger partial charge on any atom is -0.404 e. The smallest absolute Gasteiger partial charge is 0.158 e. The Morgan fingerprint density at radius 1 is 1.32 bits per heavy atom. The summed E-state index contributed by atoms with van der Waals surface area (Å²) in [4.78, 5) is 5.89. The van der Waals surface area contributed by atoms with Crippen molar-refractivity contribution in [1.82, 2.24) is 14.6 Å². The zero-order chi connectivity index (χ0) is 18.6. The number of nitrogens with two attached hydrogens (primary N) is 1. The predicted molar refractivity (Wildman–Crippen MR) is 110 cm³/mol. The Morgan fingerprint density at radius 3 is 2.56 bits per heavy atom. The van der Waals surface area contributed by atoms with Crippen LogP contribution < -0.4 is 5.73 Å². The molecule has 5 heteroatoms. The topological polar surface area (TPSA) is 56.2 Å². The Bertz CT molecular complexity index is 798. The van der Waals surface area contributed by atoms with Gasteiger partial charge in [0.15, 0.2) is 5.65 Å². The van der Waals surface area contributed by atoms with Crippen LogP contribution >= 0.6 is 11.8 Å². The number of imidazole rings is 1. The normalized spacial score (nSPS) is 13.2. The van der Waals surface area contributed by atoms with E-state index in [0.717, 1.165) is 46.2 Å². The maximum absolute atomic E-state index is 5.97. The van der Waals surface area contributed by atoms with Crippen LogP contribution in [-0.2, 0) is 0 Å². The molecule has 0 aliphatic carbocycles. The average Bonchev–Trinajstić information content (AvgIpc) is 2.92. The molecule has 0 aliphatic rings. The first kappa shape index (κ1) is 19.6. The number of rotatable bonds is 7. The second-order valence-electron chi connectivity index (χ2n) is 6.49. The second-order valence-corrected chi connectivity index (χ2v) is 7.51. The lowest BCUT2D eigenvalue weighted by Gasteiger charge is -2.15. The molecule has 4 nitrogen and oxygen atoms in total. The molecule has 0 spiro atoms. The summed E-state index contributed by atoms with van der Waals surface area (Å²) >= 11 is 1.74. The maximum atomic E-state index is 5.97. The molecule has 0 saturated carbocycles. The van der Waals surface area contributed by atoms with Crippen molar-refractivity contribution in [2.75, 3.05) is 5.75 Å². The van der Waals surface area contributed by atoms with Crippen molar-refractivity contribution in [3.05, 3.63) is 46.6 Å². The fourth-order valence-electron chi connectivity index (χ4n) is 3.06. The molecule has 0 saturated heterocycles. The first-order valence-electron chi connectivity index (χ1n) is 9.00. The molecule has 2 aromatic heterocycles. The van der Waals surface area contributed by atoms with Crippen LogP contribution in [0, 0.1) is 13.8 Å². The molecule has 2 N–H and O–H groups in total. The number of aryl methyl sites for hydroxylation is 2. The first-order valence-corrected chi connectivity index (χ1v) is 9.98. The molecule has 0 fully saturated rings. The van der Waals surface area contributed by atoms with Gasteiger partial charge < -0.3 is 5.73 Å². The van der Waals surface area contributed by atoms with Crippen LogP contribution in [0.15, 0.2) is 23.9 Å². The number of aromatic nitrogens is 3. The van der Waals surface area contributed by atoms with E-state index in [1.807, 2.05) is 18.4 Å². The lowest BCUT2D eigenvalue weighted by atomic mass is 9.95. The van der Waals surface area contributed by atoms with Crippen LogP contribution in [0.3, 0.4) is 0 Å². The van der Waals surface area contributed by atoms with Crippen molar-refractivity contribution in [3.8, 4) is 0 Å². The van der Waals surface area contributed by atoms with Gasteiger partial charge in [-0.15, -0.1) is 11.8 Å². The first-order chi connectivity index (χ1) is 12.0. The van der Waals surface area contributed by atoms with E-state index in [0.29, 0.717) is 5.92 Å². The van der Waals surface area contributed by atoms with Crippen LogP contribution in [0.2, 0.25) is 0 Å². The van der Waals surface area contributed by atoms with Gasteiger partial charge in [0.1, 0.15) is 5.69 Å². The second kappa shape index (κ2) is 8.56. The highest BCUT2D eigenvalue weighted by Crippen LogP contribution is 2.34. The van der Waals surface area contributed by atoms with E-state index in [1.165, 1.54) is 11.1 Å². The number of allylic oxidation sites excluding steroid dienone is 1. The van der Waals surface area contributed by atoms with Gasteiger partial charge in [-0.3, -0.25) is 0 Å². The van der Waals surface area contributed by atoms with Gasteiger partial charge in [0.2, 0.25) is 0 Å².